The third-order valence-corrected chi connectivity index (χ3v) is 1.82. The van der Waals surface area contributed by atoms with Gasteiger partial charge in [0.2, 0.25) is 0 Å². The summed E-state index contributed by atoms with van der Waals surface area (Å²) in [5.74, 6) is 1.19. The minimum absolute atomic E-state index is 0.576. The molecule has 0 aromatic heterocycles. The van der Waals surface area contributed by atoms with Crippen molar-refractivity contribution >= 4 is 0 Å². The van der Waals surface area contributed by atoms with Crippen LogP contribution < -0.4 is 0 Å². The molecule has 0 rings (SSSR count). The summed E-state index contributed by atoms with van der Waals surface area (Å²) in [7, 11) is 0. The summed E-state index contributed by atoms with van der Waals surface area (Å²) in [4.78, 5) is 0. The molecule has 19 heavy (non-hydrogen) atoms. The van der Waals surface area contributed by atoms with E-state index in [0.29, 0.717) is 11.8 Å². The molecule has 0 fully saturated rings. The number of terminal acetylenes is 1. The SMILES string of the molecule is C#C.C=C.C=C.C=CC(C)C(C=C)CC.CC.CC. The molecule has 0 aromatic carbocycles. The van der Waals surface area contributed by atoms with Gasteiger partial charge in [0.1, 0.15) is 0 Å². The van der Waals surface area contributed by atoms with Crippen LogP contribution in [0.25, 0.3) is 0 Å². The van der Waals surface area contributed by atoms with E-state index in [0.717, 1.165) is 6.42 Å². The van der Waals surface area contributed by atoms with Gasteiger partial charge < -0.3 is 0 Å². The first-order valence-electron chi connectivity index (χ1n) is 6.84. The number of rotatable bonds is 4. The Bertz CT molecular complexity index is 139. The van der Waals surface area contributed by atoms with Gasteiger partial charge in [0.15, 0.2) is 0 Å². The van der Waals surface area contributed by atoms with Crippen molar-refractivity contribution in [1.29, 1.82) is 0 Å². The van der Waals surface area contributed by atoms with Crippen molar-refractivity contribution in [2.45, 2.75) is 48.0 Å². The largest absolute Gasteiger partial charge is 0.124 e. The topological polar surface area (TPSA) is 0 Å². The minimum atomic E-state index is 0.576. The van der Waals surface area contributed by atoms with E-state index in [4.69, 9.17) is 0 Å². The summed E-state index contributed by atoms with van der Waals surface area (Å²) in [6.45, 7) is 31.8. The van der Waals surface area contributed by atoms with Gasteiger partial charge in [-0.05, 0) is 18.3 Å². The first-order chi connectivity index (χ1) is 9.26. The Hall–Kier alpha value is -1.48. The van der Waals surface area contributed by atoms with Crippen molar-refractivity contribution in [2.75, 3.05) is 0 Å². The van der Waals surface area contributed by atoms with Gasteiger partial charge in [-0.25, -0.2) is 0 Å². The van der Waals surface area contributed by atoms with Crippen LogP contribution in [0.4, 0.5) is 0 Å². The smallest absolute Gasteiger partial charge is 0.0179 e. The van der Waals surface area contributed by atoms with Crippen LogP contribution in [0.5, 0.6) is 0 Å². The third kappa shape index (κ3) is 48.0. The summed E-state index contributed by atoms with van der Waals surface area (Å²) in [5.41, 5.74) is 0. The van der Waals surface area contributed by atoms with Gasteiger partial charge in [-0.2, -0.15) is 0 Å². The molecule has 0 saturated carbocycles. The molecule has 0 aliphatic heterocycles. The number of hydrogen-bond acceptors (Lipinski definition) is 0. The average Bonchev–Trinajstić information content (AvgIpc) is 2.57. The Morgan fingerprint density at radius 1 is 0.842 bits per heavy atom. The Labute approximate surface area is 125 Å². The van der Waals surface area contributed by atoms with Gasteiger partial charge in [0.05, 0.1) is 0 Å². The Kier molecular flexibility index (Phi) is 133. The summed E-state index contributed by atoms with van der Waals surface area (Å²) >= 11 is 0. The van der Waals surface area contributed by atoms with Crippen molar-refractivity contribution < 1.29 is 0 Å². The summed E-state index contributed by atoms with van der Waals surface area (Å²) in [6.07, 6.45) is 13.2. The molecule has 0 spiro atoms. The van der Waals surface area contributed by atoms with E-state index in [1.165, 1.54) is 0 Å². The van der Waals surface area contributed by atoms with E-state index in [9.17, 15) is 0 Å². The zero-order chi connectivity index (χ0) is 17.3. The van der Waals surface area contributed by atoms with Crippen LogP contribution in [0.1, 0.15) is 48.0 Å². The highest BCUT2D eigenvalue weighted by atomic mass is 14.1. The van der Waals surface area contributed by atoms with Crippen LogP contribution in [-0.2, 0) is 0 Å². The maximum absolute atomic E-state index is 4.00. The molecule has 114 valence electrons. The Morgan fingerprint density at radius 2 is 1.11 bits per heavy atom. The summed E-state index contributed by atoms with van der Waals surface area (Å²) < 4.78 is 0. The molecule has 2 unspecified atom stereocenters. The van der Waals surface area contributed by atoms with Crippen LogP contribution in [-0.4, -0.2) is 0 Å². The molecule has 0 nitrogen and oxygen atoms in total. The molecule has 0 saturated heterocycles. The molecule has 0 aromatic rings. The third-order valence-electron chi connectivity index (χ3n) is 1.82. The number of allylic oxidation sites excluding steroid dienone is 2. The van der Waals surface area contributed by atoms with Gasteiger partial charge in [0, 0.05) is 0 Å². The highest BCUT2D eigenvalue weighted by molar-refractivity contribution is 4.89. The molecule has 0 amide bonds. The molecule has 0 aliphatic carbocycles. The summed E-state index contributed by atoms with van der Waals surface area (Å²) in [6, 6.07) is 0. The predicted octanol–water partition coefficient (Wildman–Crippen LogP) is 6.93. The zero-order valence-electron chi connectivity index (χ0n) is 14.4. The van der Waals surface area contributed by atoms with Gasteiger partial charge in [-0.3, -0.25) is 0 Å². The monoisotopic (exact) mass is 266 g/mol. The highest BCUT2D eigenvalue weighted by Crippen LogP contribution is 2.16. The lowest BCUT2D eigenvalue weighted by Gasteiger charge is -2.13. The molecule has 0 aliphatic rings. The molecule has 0 radical (unpaired) electrons. The van der Waals surface area contributed by atoms with Crippen molar-refractivity contribution in [3.05, 3.63) is 51.6 Å². The molecule has 2 atom stereocenters. The van der Waals surface area contributed by atoms with Crippen molar-refractivity contribution in [3.63, 3.8) is 0 Å². The quantitative estimate of drug-likeness (QED) is 0.382. The zero-order valence-corrected chi connectivity index (χ0v) is 14.4. The van der Waals surface area contributed by atoms with E-state index in [1.54, 1.807) is 0 Å². The lowest BCUT2D eigenvalue weighted by molar-refractivity contribution is 0.499. The lowest BCUT2D eigenvalue weighted by atomic mass is 9.92. The molecule has 0 heteroatoms. The molecule has 0 heterocycles. The Morgan fingerprint density at radius 3 is 1.16 bits per heavy atom. The second kappa shape index (κ2) is 70.4. The van der Waals surface area contributed by atoms with E-state index >= 15 is 0 Å². The fourth-order valence-corrected chi connectivity index (χ4v) is 0.928. The van der Waals surface area contributed by atoms with Gasteiger partial charge >= 0.3 is 0 Å². The van der Waals surface area contributed by atoms with Gasteiger partial charge in [-0.15, -0.1) is 52.3 Å². The van der Waals surface area contributed by atoms with Crippen LogP contribution in [0.15, 0.2) is 51.6 Å². The molecule has 0 bridgehead atoms. The molecular weight excluding hydrogens is 228 g/mol. The predicted molar refractivity (Wildman–Crippen MR) is 98.4 cm³/mol. The van der Waals surface area contributed by atoms with Crippen molar-refractivity contribution in [1.82, 2.24) is 0 Å². The van der Waals surface area contributed by atoms with Crippen molar-refractivity contribution in [2.24, 2.45) is 11.8 Å². The standard InChI is InChI=1S/C9H16.2C2H6.2C2H4.C2H2/c1-5-8(4)9(6-2)7-3;5*1-2/h5-6,8-9H,1-2,7H2,3-4H3;2*1-2H3;2*1-2H2;1-2H. The normalized spacial score (nSPS) is 8.84. The minimum Gasteiger partial charge on any atom is -0.124 e. The van der Waals surface area contributed by atoms with Gasteiger partial charge in [0.25, 0.3) is 0 Å². The molecular formula is C19H38. The second-order valence-electron chi connectivity index (χ2n) is 2.40. The second-order valence-corrected chi connectivity index (χ2v) is 2.40. The lowest BCUT2D eigenvalue weighted by Crippen LogP contribution is -2.03. The van der Waals surface area contributed by atoms with E-state index in [2.05, 4.69) is 66.2 Å². The first-order valence-corrected chi connectivity index (χ1v) is 6.84. The average molecular weight is 267 g/mol. The van der Waals surface area contributed by atoms with Crippen LogP contribution in [0.3, 0.4) is 0 Å². The fraction of sp³-hybridized carbons (Fsp3) is 0.474. The molecule has 0 N–H and O–H groups in total. The fourth-order valence-electron chi connectivity index (χ4n) is 0.928. The summed E-state index contributed by atoms with van der Waals surface area (Å²) in [5, 5.41) is 0. The number of hydrogen-bond donors (Lipinski definition) is 0. The van der Waals surface area contributed by atoms with E-state index in [-0.39, 0.29) is 0 Å². The van der Waals surface area contributed by atoms with E-state index in [1.807, 2.05) is 39.8 Å². The Balaban J connectivity index is -0.0000000356. The van der Waals surface area contributed by atoms with E-state index < -0.39 is 0 Å². The van der Waals surface area contributed by atoms with Gasteiger partial charge in [-0.1, -0.05) is 53.7 Å². The van der Waals surface area contributed by atoms with Crippen molar-refractivity contribution in [3.8, 4) is 12.8 Å². The maximum Gasteiger partial charge on any atom is -0.0179 e. The van der Waals surface area contributed by atoms with Crippen LogP contribution >= 0.6 is 0 Å². The highest BCUT2D eigenvalue weighted by Gasteiger charge is 2.06. The van der Waals surface area contributed by atoms with Crippen LogP contribution in [0, 0.1) is 24.7 Å². The first kappa shape index (κ1) is 36.0. The maximum atomic E-state index is 4.00. The van der Waals surface area contributed by atoms with Crippen LogP contribution in [0.2, 0.25) is 0 Å².